The third kappa shape index (κ3) is 2.53. The number of carbonyl (C=O) groups is 1. The second-order valence-corrected chi connectivity index (χ2v) is 3.85. The molecule has 0 fully saturated rings. The van der Waals surface area contributed by atoms with Crippen molar-refractivity contribution in [2.75, 3.05) is 6.61 Å². The van der Waals surface area contributed by atoms with Crippen LogP contribution in [0.25, 0.3) is 0 Å². The van der Waals surface area contributed by atoms with Gasteiger partial charge in [-0.1, -0.05) is 12.1 Å². The lowest BCUT2D eigenvalue weighted by atomic mass is 10.1. The molecule has 0 aliphatic carbocycles. The lowest BCUT2D eigenvalue weighted by molar-refractivity contribution is 0.0837. The molecule has 0 saturated carbocycles. The van der Waals surface area contributed by atoms with Crippen LogP contribution in [0.1, 0.15) is 15.9 Å². The molecule has 2 rings (SSSR count). The van der Waals surface area contributed by atoms with Crippen LogP contribution in [0.2, 0.25) is 0 Å². The van der Waals surface area contributed by atoms with Gasteiger partial charge in [0.15, 0.2) is 6.61 Å². The second kappa shape index (κ2) is 4.82. The fourth-order valence-electron chi connectivity index (χ4n) is 1.50. The van der Waals surface area contributed by atoms with Crippen molar-refractivity contribution >= 4 is 5.91 Å². The van der Waals surface area contributed by atoms with Crippen molar-refractivity contribution in [3.63, 3.8) is 0 Å². The number of hydrogen-bond acceptors (Lipinski definition) is 3. The summed E-state index contributed by atoms with van der Waals surface area (Å²) in [7, 11) is 0. The molecule has 1 aromatic carbocycles. The molecule has 17 heavy (non-hydrogen) atoms. The third-order valence-electron chi connectivity index (χ3n) is 2.70. The van der Waals surface area contributed by atoms with Crippen molar-refractivity contribution < 1.29 is 9.53 Å². The minimum Gasteiger partial charge on any atom is -0.483 e. The highest BCUT2D eigenvalue weighted by Crippen LogP contribution is 2.20. The molecule has 4 nitrogen and oxygen atoms in total. The number of benzene rings is 1. The predicted molar refractivity (Wildman–Crippen MR) is 64.3 cm³/mol. The Morgan fingerprint density at radius 1 is 1.41 bits per heavy atom. The molecule has 0 spiro atoms. The molecule has 1 aromatic heterocycles. The number of carbonyl (C=O) groups excluding carboxylic acids is 1. The minimum atomic E-state index is -0.136. The maximum absolute atomic E-state index is 11.7. The fraction of sp³-hybridized carbons (Fsp3) is 0.231. The Morgan fingerprint density at radius 3 is 2.94 bits per heavy atom. The Labute approximate surface area is 99.9 Å². The molecule has 88 valence electrons. The molecular formula is C13H14N2O2. The predicted octanol–water partition coefficient (Wildman–Crippen LogP) is 2.22. The molecule has 0 atom stereocenters. The summed E-state index contributed by atoms with van der Waals surface area (Å²) >= 11 is 0. The summed E-state index contributed by atoms with van der Waals surface area (Å²) in [5.41, 5.74) is 2.21. The number of ether oxygens (including phenoxy) is 1. The van der Waals surface area contributed by atoms with Crippen LogP contribution in [0.15, 0.2) is 36.9 Å². The van der Waals surface area contributed by atoms with Gasteiger partial charge >= 0.3 is 0 Å². The normalized spacial score (nSPS) is 10.2. The van der Waals surface area contributed by atoms with E-state index in [4.69, 9.17) is 4.74 Å². The van der Waals surface area contributed by atoms with Crippen molar-refractivity contribution in [2.45, 2.75) is 13.8 Å². The SMILES string of the molecule is Cc1cccc(OCC(=O)n2ccnc2)c1C. The van der Waals surface area contributed by atoms with Gasteiger partial charge in [-0.3, -0.25) is 9.36 Å². The number of nitrogens with zero attached hydrogens (tertiary/aromatic N) is 2. The van der Waals surface area contributed by atoms with Gasteiger partial charge in [-0.25, -0.2) is 4.98 Å². The molecule has 0 saturated heterocycles. The summed E-state index contributed by atoms with van der Waals surface area (Å²) in [6.45, 7) is 4.01. The van der Waals surface area contributed by atoms with Crippen LogP contribution in [-0.2, 0) is 0 Å². The molecule has 0 aliphatic rings. The van der Waals surface area contributed by atoms with E-state index in [1.807, 2.05) is 32.0 Å². The van der Waals surface area contributed by atoms with E-state index in [2.05, 4.69) is 4.98 Å². The van der Waals surface area contributed by atoms with Gasteiger partial charge in [0, 0.05) is 12.4 Å². The Balaban J connectivity index is 2.03. The molecule has 0 amide bonds. The Morgan fingerprint density at radius 2 is 2.24 bits per heavy atom. The average molecular weight is 230 g/mol. The zero-order valence-corrected chi connectivity index (χ0v) is 9.88. The lowest BCUT2D eigenvalue weighted by Gasteiger charge is -2.10. The second-order valence-electron chi connectivity index (χ2n) is 3.85. The molecule has 0 radical (unpaired) electrons. The van der Waals surface area contributed by atoms with E-state index in [1.165, 1.54) is 10.9 Å². The fourth-order valence-corrected chi connectivity index (χ4v) is 1.50. The van der Waals surface area contributed by atoms with Crippen molar-refractivity contribution in [1.29, 1.82) is 0 Å². The van der Waals surface area contributed by atoms with Crippen molar-refractivity contribution in [2.24, 2.45) is 0 Å². The van der Waals surface area contributed by atoms with Gasteiger partial charge in [-0.05, 0) is 31.0 Å². The van der Waals surface area contributed by atoms with Gasteiger partial charge in [-0.15, -0.1) is 0 Å². The van der Waals surface area contributed by atoms with Crippen LogP contribution in [0.5, 0.6) is 5.75 Å². The van der Waals surface area contributed by atoms with E-state index in [-0.39, 0.29) is 12.5 Å². The van der Waals surface area contributed by atoms with Crippen LogP contribution >= 0.6 is 0 Å². The standard InChI is InChI=1S/C13H14N2O2/c1-10-4-3-5-12(11(10)2)17-8-13(16)15-7-6-14-9-15/h3-7,9H,8H2,1-2H3. The molecule has 0 bridgehead atoms. The van der Waals surface area contributed by atoms with Crippen LogP contribution in [0.4, 0.5) is 0 Å². The maximum Gasteiger partial charge on any atom is 0.269 e. The van der Waals surface area contributed by atoms with Crippen LogP contribution in [0.3, 0.4) is 0 Å². The first-order chi connectivity index (χ1) is 8.18. The molecule has 0 unspecified atom stereocenters. The average Bonchev–Trinajstić information content (AvgIpc) is 2.84. The summed E-state index contributed by atoms with van der Waals surface area (Å²) < 4.78 is 6.91. The number of rotatable bonds is 3. The Hall–Kier alpha value is -2.10. The van der Waals surface area contributed by atoms with Crippen molar-refractivity contribution in [1.82, 2.24) is 9.55 Å². The summed E-state index contributed by atoms with van der Waals surface area (Å²) in [6, 6.07) is 5.79. The van der Waals surface area contributed by atoms with E-state index >= 15 is 0 Å². The molecule has 2 aromatic rings. The Kier molecular flexibility index (Phi) is 3.23. The van der Waals surface area contributed by atoms with Crippen LogP contribution in [-0.4, -0.2) is 22.1 Å². The van der Waals surface area contributed by atoms with Crippen molar-refractivity contribution in [3.8, 4) is 5.75 Å². The van der Waals surface area contributed by atoms with E-state index in [9.17, 15) is 4.79 Å². The highest BCUT2D eigenvalue weighted by molar-refractivity contribution is 5.80. The summed E-state index contributed by atoms with van der Waals surface area (Å²) in [6.07, 6.45) is 4.64. The first-order valence-corrected chi connectivity index (χ1v) is 5.38. The largest absolute Gasteiger partial charge is 0.483 e. The quantitative estimate of drug-likeness (QED) is 0.812. The highest BCUT2D eigenvalue weighted by atomic mass is 16.5. The number of imidazole rings is 1. The molecule has 4 heteroatoms. The van der Waals surface area contributed by atoms with E-state index in [0.717, 1.165) is 16.9 Å². The number of hydrogen-bond donors (Lipinski definition) is 0. The summed E-state index contributed by atoms with van der Waals surface area (Å²) in [5, 5.41) is 0. The minimum absolute atomic E-state index is 0.0145. The van der Waals surface area contributed by atoms with Gasteiger partial charge in [0.1, 0.15) is 12.1 Å². The molecule has 1 heterocycles. The van der Waals surface area contributed by atoms with Crippen molar-refractivity contribution in [3.05, 3.63) is 48.0 Å². The van der Waals surface area contributed by atoms with Gasteiger partial charge in [0.25, 0.3) is 5.91 Å². The topological polar surface area (TPSA) is 44.1 Å². The smallest absolute Gasteiger partial charge is 0.269 e. The summed E-state index contributed by atoms with van der Waals surface area (Å²) in [5.74, 6) is 0.613. The van der Waals surface area contributed by atoms with E-state index in [0.29, 0.717) is 0 Å². The first-order valence-electron chi connectivity index (χ1n) is 5.38. The Bertz CT molecular complexity index is 518. The van der Waals surface area contributed by atoms with Gasteiger partial charge < -0.3 is 4.74 Å². The molecule has 0 N–H and O–H groups in total. The van der Waals surface area contributed by atoms with Gasteiger partial charge in [-0.2, -0.15) is 0 Å². The number of aryl methyl sites for hydroxylation is 1. The molecular weight excluding hydrogens is 216 g/mol. The zero-order chi connectivity index (χ0) is 12.3. The zero-order valence-electron chi connectivity index (χ0n) is 9.88. The first kappa shape index (κ1) is 11.4. The summed E-state index contributed by atoms with van der Waals surface area (Å²) in [4.78, 5) is 15.5. The van der Waals surface area contributed by atoms with Gasteiger partial charge in [0.2, 0.25) is 0 Å². The van der Waals surface area contributed by atoms with Gasteiger partial charge in [0.05, 0.1) is 0 Å². The number of aromatic nitrogens is 2. The van der Waals surface area contributed by atoms with Crippen LogP contribution in [0, 0.1) is 13.8 Å². The van der Waals surface area contributed by atoms with Crippen LogP contribution < -0.4 is 4.74 Å². The highest BCUT2D eigenvalue weighted by Gasteiger charge is 2.07. The molecule has 0 aliphatic heterocycles. The maximum atomic E-state index is 11.7. The van der Waals surface area contributed by atoms with E-state index in [1.54, 1.807) is 12.4 Å². The lowest BCUT2D eigenvalue weighted by Crippen LogP contribution is -2.18. The van der Waals surface area contributed by atoms with E-state index < -0.39 is 0 Å². The third-order valence-corrected chi connectivity index (χ3v) is 2.70. The monoisotopic (exact) mass is 230 g/mol.